The standard InChI is InChI=1S/C12H8O7/c13-5-1-2-6-7(3-5)19-8(4-9(14)15)10(6)11(16)12(17)18/h1-4,13,16H,(H,14,15)(H,17,18). The van der Waals surface area contributed by atoms with Gasteiger partial charge < -0.3 is 24.8 Å². The van der Waals surface area contributed by atoms with Crippen molar-refractivity contribution >= 4 is 34.7 Å². The Morgan fingerprint density at radius 3 is 2.42 bits per heavy atom. The molecule has 0 saturated carbocycles. The predicted molar refractivity (Wildman–Crippen MR) is 62.9 cm³/mol. The number of rotatable bonds is 2. The van der Waals surface area contributed by atoms with Crippen molar-refractivity contribution in [2.24, 2.45) is 0 Å². The summed E-state index contributed by atoms with van der Waals surface area (Å²) in [6.07, 6.45) is 0.630. The maximum absolute atomic E-state index is 10.8. The van der Waals surface area contributed by atoms with Crippen LogP contribution in [0.1, 0.15) is 0 Å². The van der Waals surface area contributed by atoms with Crippen LogP contribution in [0.2, 0.25) is 0 Å². The Morgan fingerprint density at radius 1 is 1.16 bits per heavy atom. The van der Waals surface area contributed by atoms with Crippen LogP contribution >= 0.6 is 0 Å². The number of hydrogen-bond acceptors (Lipinski definition) is 5. The lowest BCUT2D eigenvalue weighted by Crippen LogP contribution is -2.27. The molecule has 0 radical (unpaired) electrons. The van der Waals surface area contributed by atoms with Crippen molar-refractivity contribution in [2.75, 3.05) is 0 Å². The highest BCUT2D eigenvalue weighted by Gasteiger charge is 2.14. The Morgan fingerprint density at radius 2 is 1.84 bits per heavy atom. The minimum atomic E-state index is -1.61. The molecule has 0 saturated heterocycles. The van der Waals surface area contributed by atoms with Crippen LogP contribution in [0.25, 0.3) is 22.8 Å². The van der Waals surface area contributed by atoms with Gasteiger partial charge in [-0.05, 0) is 12.1 Å². The summed E-state index contributed by atoms with van der Waals surface area (Å²) in [6.45, 7) is 0. The zero-order valence-electron chi connectivity index (χ0n) is 9.32. The number of phenols is 1. The third-order valence-electron chi connectivity index (χ3n) is 2.39. The van der Waals surface area contributed by atoms with Gasteiger partial charge >= 0.3 is 11.9 Å². The third kappa shape index (κ3) is 2.21. The van der Waals surface area contributed by atoms with Gasteiger partial charge in [-0.1, -0.05) is 0 Å². The number of furan rings is 1. The van der Waals surface area contributed by atoms with Crippen LogP contribution in [0.4, 0.5) is 0 Å². The number of phenolic OH excluding ortho intramolecular Hbond substituents is 1. The summed E-state index contributed by atoms with van der Waals surface area (Å²) in [5, 5.41) is 36.2. The number of aliphatic carboxylic acids is 2. The van der Waals surface area contributed by atoms with Crippen LogP contribution in [-0.4, -0.2) is 32.4 Å². The molecule has 7 nitrogen and oxygen atoms in total. The minimum absolute atomic E-state index is 0.0651. The number of hydrogen-bond donors (Lipinski definition) is 4. The summed E-state index contributed by atoms with van der Waals surface area (Å²) < 4.78 is 5.12. The summed E-state index contributed by atoms with van der Waals surface area (Å²) in [7, 11) is 0. The average molecular weight is 264 g/mol. The van der Waals surface area contributed by atoms with Crippen molar-refractivity contribution in [3.8, 4) is 5.75 Å². The molecule has 0 aliphatic rings. The Kier molecular flexibility index (Phi) is 2.88. The van der Waals surface area contributed by atoms with Crippen LogP contribution in [0, 0.1) is 0 Å². The van der Waals surface area contributed by atoms with E-state index in [2.05, 4.69) is 0 Å². The van der Waals surface area contributed by atoms with Crippen LogP contribution in [0.15, 0.2) is 22.6 Å². The van der Waals surface area contributed by atoms with Gasteiger partial charge in [-0.3, -0.25) is 0 Å². The summed E-state index contributed by atoms with van der Waals surface area (Å²) in [5.41, 5.74) is -0.247. The molecular weight excluding hydrogens is 256 g/mol. The van der Waals surface area contributed by atoms with E-state index in [0.29, 0.717) is 6.08 Å². The smallest absolute Gasteiger partial charge is 0.371 e. The molecule has 0 aliphatic carbocycles. The number of fused-ring (bicyclic) bond motifs is 1. The highest BCUT2D eigenvalue weighted by atomic mass is 16.4. The van der Waals surface area contributed by atoms with Gasteiger partial charge in [0.05, 0.1) is 11.3 Å². The molecule has 0 spiro atoms. The number of carbonyl (C=O) groups is 2. The number of carboxylic acid groups (broad SMARTS) is 2. The molecule has 7 heteroatoms. The maximum atomic E-state index is 10.8. The highest BCUT2D eigenvalue weighted by Crippen LogP contribution is 2.16. The van der Waals surface area contributed by atoms with E-state index in [-0.39, 0.29) is 27.4 Å². The van der Waals surface area contributed by atoms with Gasteiger partial charge in [-0.25, -0.2) is 9.59 Å². The largest absolute Gasteiger partial charge is 0.508 e. The zero-order valence-corrected chi connectivity index (χ0v) is 9.32. The Hall–Kier alpha value is -2.96. The summed E-state index contributed by atoms with van der Waals surface area (Å²) >= 11 is 0. The fraction of sp³-hybridized carbons (Fsp3) is 0. The van der Waals surface area contributed by atoms with Crippen molar-refractivity contribution in [1.29, 1.82) is 0 Å². The van der Waals surface area contributed by atoms with Gasteiger partial charge in [0.1, 0.15) is 16.7 Å². The van der Waals surface area contributed by atoms with E-state index in [1.807, 2.05) is 0 Å². The number of aliphatic hydroxyl groups is 1. The molecule has 0 fully saturated rings. The molecule has 2 aromatic rings. The van der Waals surface area contributed by atoms with E-state index in [1.54, 1.807) is 0 Å². The first-order valence-corrected chi connectivity index (χ1v) is 5.03. The number of aromatic hydroxyl groups is 1. The predicted octanol–water partition coefficient (Wildman–Crippen LogP) is -0.246. The topological polar surface area (TPSA) is 128 Å². The second kappa shape index (κ2) is 4.37. The Labute approximate surface area is 104 Å². The van der Waals surface area contributed by atoms with Crippen LogP contribution < -0.4 is 10.6 Å². The van der Waals surface area contributed by atoms with E-state index in [1.165, 1.54) is 18.2 Å². The van der Waals surface area contributed by atoms with Crippen LogP contribution in [-0.2, 0) is 9.59 Å². The first-order valence-electron chi connectivity index (χ1n) is 5.03. The minimum Gasteiger partial charge on any atom is -0.508 e. The molecule has 1 heterocycles. The lowest BCUT2D eigenvalue weighted by molar-refractivity contribution is -0.132. The summed E-state index contributed by atoms with van der Waals surface area (Å²) in [6, 6.07) is 3.77. The first-order chi connectivity index (χ1) is 8.90. The van der Waals surface area contributed by atoms with E-state index in [0.717, 1.165) is 0 Å². The van der Waals surface area contributed by atoms with Gasteiger partial charge in [0, 0.05) is 11.5 Å². The molecule has 0 unspecified atom stereocenters. The Bertz CT molecular complexity index is 797. The van der Waals surface area contributed by atoms with Crippen molar-refractivity contribution in [3.63, 3.8) is 0 Å². The van der Waals surface area contributed by atoms with Crippen molar-refractivity contribution in [2.45, 2.75) is 0 Å². The fourth-order valence-corrected chi connectivity index (χ4v) is 1.67. The van der Waals surface area contributed by atoms with Crippen LogP contribution in [0.3, 0.4) is 0 Å². The fourth-order valence-electron chi connectivity index (χ4n) is 1.67. The van der Waals surface area contributed by atoms with Gasteiger partial charge in [0.15, 0.2) is 0 Å². The highest BCUT2D eigenvalue weighted by molar-refractivity contribution is 6.07. The molecule has 19 heavy (non-hydrogen) atoms. The third-order valence-corrected chi connectivity index (χ3v) is 2.39. The van der Waals surface area contributed by atoms with Gasteiger partial charge in [0.25, 0.3) is 0 Å². The molecule has 0 bridgehead atoms. The van der Waals surface area contributed by atoms with Crippen molar-refractivity contribution in [1.82, 2.24) is 0 Å². The molecule has 4 N–H and O–H groups in total. The van der Waals surface area contributed by atoms with Crippen molar-refractivity contribution in [3.05, 3.63) is 28.8 Å². The quantitative estimate of drug-likeness (QED) is 0.589. The molecule has 1 aromatic carbocycles. The van der Waals surface area contributed by atoms with Gasteiger partial charge in [0.2, 0.25) is 5.76 Å². The molecular formula is C12H8O7. The van der Waals surface area contributed by atoms with E-state index in [4.69, 9.17) is 14.6 Å². The average Bonchev–Trinajstić information content (AvgIpc) is 2.63. The summed E-state index contributed by atoms with van der Waals surface area (Å²) in [4.78, 5) is 21.5. The van der Waals surface area contributed by atoms with Crippen LogP contribution in [0.5, 0.6) is 5.75 Å². The molecule has 98 valence electrons. The summed E-state index contributed by atoms with van der Waals surface area (Å²) in [5.74, 6) is -4.14. The van der Waals surface area contributed by atoms with E-state index < -0.39 is 17.7 Å². The van der Waals surface area contributed by atoms with Crippen molar-refractivity contribution < 1.29 is 34.4 Å². The molecule has 0 atom stereocenters. The molecule has 0 amide bonds. The second-order valence-electron chi connectivity index (χ2n) is 3.66. The first kappa shape index (κ1) is 12.5. The monoisotopic (exact) mass is 264 g/mol. The van der Waals surface area contributed by atoms with E-state index in [9.17, 15) is 19.8 Å². The molecule has 2 rings (SSSR count). The zero-order chi connectivity index (χ0) is 14.2. The normalized spacial score (nSPS) is 13.6. The maximum Gasteiger partial charge on any atom is 0.371 e. The van der Waals surface area contributed by atoms with Gasteiger partial charge in [-0.2, -0.15) is 0 Å². The SMILES string of the molecule is O=C(O)C=c1oc2cc(O)ccc2c1=C(O)C(=O)O. The number of carboxylic acids is 2. The lowest BCUT2D eigenvalue weighted by atomic mass is 10.2. The Balaban J connectivity index is 3.05. The lowest BCUT2D eigenvalue weighted by Gasteiger charge is -1.91. The second-order valence-corrected chi connectivity index (χ2v) is 3.66. The number of aliphatic hydroxyl groups excluding tert-OH is 1. The van der Waals surface area contributed by atoms with Gasteiger partial charge in [-0.15, -0.1) is 0 Å². The number of benzene rings is 1. The van der Waals surface area contributed by atoms with E-state index >= 15 is 0 Å². The molecule has 0 aliphatic heterocycles. The molecule has 1 aromatic heterocycles.